The fourth-order valence-electron chi connectivity index (χ4n) is 2.33. The SMILES string of the molecule is CCC(C)N1CCN(c2nc(N)c(Cl)cc2Cl)CC1. The van der Waals surface area contributed by atoms with Crippen molar-refractivity contribution in [3.05, 3.63) is 16.1 Å². The Balaban J connectivity index is 2.07. The molecular weight excluding hydrogens is 283 g/mol. The Labute approximate surface area is 124 Å². The first kappa shape index (κ1) is 14.7. The molecule has 2 rings (SSSR count). The second kappa shape index (κ2) is 6.16. The van der Waals surface area contributed by atoms with E-state index in [-0.39, 0.29) is 0 Å². The number of aromatic nitrogens is 1. The minimum Gasteiger partial charge on any atom is -0.382 e. The van der Waals surface area contributed by atoms with E-state index in [0.29, 0.717) is 21.9 Å². The van der Waals surface area contributed by atoms with Crippen molar-refractivity contribution in [1.29, 1.82) is 0 Å². The van der Waals surface area contributed by atoms with E-state index in [2.05, 4.69) is 28.6 Å². The van der Waals surface area contributed by atoms with Crippen LogP contribution in [0.4, 0.5) is 11.6 Å². The predicted octanol–water partition coefficient (Wildman–Crippen LogP) is 2.89. The molecule has 106 valence electrons. The molecule has 1 unspecified atom stereocenters. The van der Waals surface area contributed by atoms with E-state index < -0.39 is 0 Å². The Hall–Kier alpha value is -0.710. The number of rotatable bonds is 3. The van der Waals surface area contributed by atoms with Gasteiger partial charge in [-0.25, -0.2) is 4.98 Å². The molecule has 0 amide bonds. The highest BCUT2D eigenvalue weighted by atomic mass is 35.5. The Bertz CT molecular complexity index is 445. The van der Waals surface area contributed by atoms with Crippen LogP contribution < -0.4 is 10.6 Å². The third kappa shape index (κ3) is 3.25. The van der Waals surface area contributed by atoms with Crippen LogP contribution in [0, 0.1) is 0 Å². The van der Waals surface area contributed by atoms with Crippen molar-refractivity contribution in [3.8, 4) is 0 Å². The highest BCUT2D eigenvalue weighted by molar-refractivity contribution is 6.37. The van der Waals surface area contributed by atoms with Gasteiger partial charge in [-0.2, -0.15) is 0 Å². The molecule has 19 heavy (non-hydrogen) atoms. The van der Waals surface area contributed by atoms with Gasteiger partial charge in [-0.1, -0.05) is 30.1 Å². The lowest BCUT2D eigenvalue weighted by molar-refractivity contribution is 0.192. The van der Waals surface area contributed by atoms with Crippen LogP contribution in [0.25, 0.3) is 0 Å². The third-order valence-electron chi connectivity index (χ3n) is 3.77. The fourth-order valence-corrected chi connectivity index (χ4v) is 2.80. The molecule has 0 aromatic carbocycles. The normalized spacial score (nSPS) is 18.6. The van der Waals surface area contributed by atoms with Crippen LogP contribution >= 0.6 is 23.2 Å². The number of nitrogen functional groups attached to an aromatic ring is 1. The molecule has 4 nitrogen and oxygen atoms in total. The highest BCUT2D eigenvalue weighted by Crippen LogP contribution is 2.30. The van der Waals surface area contributed by atoms with Gasteiger partial charge in [0.15, 0.2) is 0 Å². The number of halogens is 2. The maximum absolute atomic E-state index is 6.20. The lowest BCUT2D eigenvalue weighted by Crippen LogP contribution is -2.49. The summed E-state index contributed by atoms with van der Waals surface area (Å²) in [7, 11) is 0. The van der Waals surface area contributed by atoms with Crippen LogP contribution in [-0.4, -0.2) is 42.1 Å². The van der Waals surface area contributed by atoms with Crippen LogP contribution in [0.3, 0.4) is 0 Å². The molecule has 0 radical (unpaired) electrons. The minimum absolute atomic E-state index is 0.338. The molecule has 1 fully saturated rings. The highest BCUT2D eigenvalue weighted by Gasteiger charge is 2.22. The monoisotopic (exact) mass is 302 g/mol. The number of pyridine rings is 1. The molecule has 1 saturated heterocycles. The number of nitrogens with two attached hydrogens (primary N) is 1. The second-order valence-corrected chi connectivity index (χ2v) is 5.76. The average molecular weight is 303 g/mol. The Morgan fingerprint density at radius 3 is 2.47 bits per heavy atom. The summed E-state index contributed by atoms with van der Waals surface area (Å²) in [5, 5.41) is 0.975. The summed E-state index contributed by atoms with van der Waals surface area (Å²) in [6, 6.07) is 2.29. The molecule has 1 aliphatic heterocycles. The van der Waals surface area contributed by atoms with Gasteiger partial charge in [-0.15, -0.1) is 0 Å². The molecule has 0 saturated carbocycles. The molecule has 1 atom stereocenters. The second-order valence-electron chi connectivity index (χ2n) is 4.94. The minimum atomic E-state index is 0.338. The molecule has 2 heterocycles. The van der Waals surface area contributed by atoms with Gasteiger partial charge in [0.1, 0.15) is 11.6 Å². The molecule has 1 aliphatic rings. The molecule has 1 aromatic rings. The maximum Gasteiger partial charge on any atom is 0.150 e. The van der Waals surface area contributed by atoms with Crippen LogP contribution in [0.1, 0.15) is 20.3 Å². The number of nitrogens with zero attached hydrogens (tertiary/aromatic N) is 3. The van der Waals surface area contributed by atoms with Gasteiger partial charge in [0, 0.05) is 32.2 Å². The number of anilines is 2. The molecule has 6 heteroatoms. The van der Waals surface area contributed by atoms with Crippen molar-refractivity contribution in [2.45, 2.75) is 26.3 Å². The van der Waals surface area contributed by atoms with Crippen LogP contribution in [0.2, 0.25) is 10.0 Å². The zero-order chi connectivity index (χ0) is 14.0. The maximum atomic E-state index is 6.20. The Kier molecular flexibility index (Phi) is 4.76. The van der Waals surface area contributed by atoms with Gasteiger partial charge in [-0.3, -0.25) is 4.90 Å². The van der Waals surface area contributed by atoms with E-state index in [1.807, 2.05) is 0 Å². The van der Waals surface area contributed by atoms with Crippen molar-refractivity contribution in [3.63, 3.8) is 0 Å². The predicted molar refractivity (Wildman–Crippen MR) is 82.2 cm³/mol. The molecule has 0 bridgehead atoms. The van der Waals surface area contributed by atoms with Crippen molar-refractivity contribution in [1.82, 2.24) is 9.88 Å². The van der Waals surface area contributed by atoms with Crippen LogP contribution in [0.5, 0.6) is 0 Å². The fraction of sp³-hybridized carbons (Fsp3) is 0.615. The zero-order valence-corrected chi connectivity index (χ0v) is 12.9. The smallest absolute Gasteiger partial charge is 0.150 e. The number of hydrogen-bond donors (Lipinski definition) is 1. The van der Waals surface area contributed by atoms with E-state index in [1.165, 1.54) is 6.42 Å². The summed E-state index contributed by atoms with van der Waals surface area (Å²) >= 11 is 12.1. The zero-order valence-electron chi connectivity index (χ0n) is 11.4. The number of piperazine rings is 1. The van der Waals surface area contributed by atoms with Crippen LogP contribution in [-0.2, 0) is 0 Å². The molecule has 2 N–H and O–H groups in total. The van der Waals surface area contributed by atoms with Gasteiger partial charge in [-0.05, 0) is 19.4 Å². The first-order valence-corrected chi connectivity index (χ1v) is 7.39. The van der Waals surface area contributed by atoms with Gasteiger partial charge >= 0.3 is 0 Å². The molecular formula is C13H20Cl2N4. The van der Waals surface area contributed by atoms with Crippen molar-refractivity contribution in [2.75, 3.05) is 36.8 Å². The summed E-state index contributed by atoms with van der Waals surface area (Å²) in [6.07, 6.45) is 1.17. The molecule has 0 aliphatic carbocycles. The largest absolute Gasteiger partial charge is 0.382 e. The van der Waals surface area contributed by atoms with Crippen molar-refractivity contribution in [2.24, 2.45) is 0 Å². The molecule has 1 aromatic heterocycles. The average Bonchev–Trinajstić information content (AvgIpc) is 2.42. The van der Waals surface area contributed by atoms with E-state index >= 15 is 0 Å². The van der Waals surface area contributed by atoms with Crippen LogP contribution in [0.15, 0.2) is 6.07 Å². The van der Waals surface area contributed by atoms with Crippen molar-refractivity contribution >= 4 is 34.8 Å². The topological polar surface area (TPSA) is 45.4 Å². The van der Waals surface area contributed by atoms with E-state index in [1.54, 1.807) is 6.07 Å². The Morgan fingerprint density at radius 1 is 1.26 bits per heavy atom. The standard InChI is InChI=1S/C13H20Cl2N4/c1-3-9(2)18-4-6-19(7-5-18)13-11(15)8-10(14)12(16)17-13/h8-9H,3-7H2,1-2H3,(H2,16,17). The van der Waals surface area contributed by atoms with Gasteiger partial charge in [0.25, 0.3) is 0 Å². The summed E-state index contributed by atoms with van der Waals surface area (Å²) < 4.78 is 0. The van der Waals surface area contributed by atoms with Gasteiger partial charge in [0.2, 0.25) is 0 Å². The first-order chi connectivity index (χ1) is 9.02. The Morgan fingerprint density at radius 2 is 1.89 bits per heavy atom. The van der Waals surface area contributed by atoms with Crippen molar-refractivity contribution < 1.29 is 0 Å². The lowest BCUT2D eigenvalue weighted by Gasteiger charge is -2.38. The first-order valence-electron chi connectivity index (χ1n) is 6.63. The summed E-state index contributed by atoms with van der Waals surface area (Å²) in [5.41, 5.74) is 5.75. The van der Waals surface area contributed by atoms with E-state index in [4.69, 9.17) is 28.9 Å². The molecule has 0 spiro atoms. The summed E-state index contributed by atoms with van der Waals surface area (Å²) in [4.78, 5) is 8.97. The number of hydrogen-bond acceptors (Lipinski definition) is 4. The lowest BCUT2D eigenvalue weighted by atomic mass is 10.2. The summed E-state index contributed by atoms with van der Waals surface area (Å²) in [5.74, 6) is 1.08. The summed E-state index contributed by atoms with van der Waals surface area (Å²) in [6.45, 7) is 8.36. The van der Waals surface area contributed by atoms with Gasteiger partial charge in [0.05, 0.1) is 10.0 Å². The quantitative estimate of drug-likeness (QED) is 0.932. The van der Waals surface area contributed by atoms with E-state index in [0.717, 1.165) is 32.0 Å². The van der Waals surface area contributed by atoms with Gasteiger partial charge < -0.3 is 10.6 Å². The van der Waals surface area contributed by atoms with E-state index in [9.17, 15) is 0 Å². The third-order valence-corrected chi connectivity index (χ3v) is 4.35.